The van der Waals surface area contributed by atoms with Gasteiger partial charge in [-0.3, -0.25) is 19.5 Å². The van der Waals surface area contributed by atoms with E-state index >= 15 is 0 Å². The highest BCUT2D eigenvalue weighted by Gasteiger charge is 2.41. The minimum absolute atomic E-state index is 0.0884. The normalized spacial score (nSPS) is 26.8. The molecule has 1 N–H and O–H groups in total. The lowest BCUT2D eigenvalue weighted by Gasteiger charge is -2.47. The zero-order chi connectivity index (χ0) is 24.6. The number of nitrogens with zero attached hydrogens (tertiary/aromatic N) is 4. The first-order valence-corrected chi connectivity index (χ1v) is 12.8. The van der Waals surface area contributed by atoms with Crippen LogP contribution in [0, 0.1) is 0 Å². The van der Waals surface area contributed by atoms with Crippen molar-refractivity contribution in [1.82, 2.24) is 25.1 Å². The molecule has 188 valence electrons. The topological polar surface area (TPSA) is 96.9 Å². The maximum atomic E-state index is 13.0. The zero-order valence-electron chi connectivity index (χ0n) is 20.3. The number of likely N-dealkylation sites (tertiary alicyclic amines) is 1. The highest BCUT2D eigenvalue weighted by atomic mass is 16.5. The molecule has 36 heavy (non-hydrogen) atoms. The van der Waals surface area contributed by atoms with Gasteiger partial charge in [0.15, 0.2) is 0 Å². The van der Waals surface area contributed by atoms with E-state index in [0.29, 0.717) is 42.6 Å². The third-order valence-corrected chi connectivity index (χ3v) is 7.73. The van der Waals surface area contributed by atoms with Crippen molar-refractivity contribution in [2.45, 2.75) is 69.4 Å². The van der Waals surface area contributed by atoms with Gasteiger partial charge in [-0.1, -0.05) is 13.0 Å². The van der Waals surface area contributed by atoms with Crippen LogP contribution in [-0.4, -0.2) is 69.0 Å². The maximum Gasteiger partial charge on any atom is 0.255 e. The van der Waals surface area contributed by atoms with Gasteiger partial charge in [-0.15, -0.1) is 0 Å². The Hall–Kier alpha value is -3.46. The van der Waals surface area contributed by atoms with E-state index in [-0.39, 0.29) is 24.0 Å². The van der Waals surface area contributed by atoms with E-state index in [1.165, 1.54) is 6.42 Å². The lowest BCUT2D eigenvalue weighted by Crippen LogP contribution is -2.62. The van der Waals surface area contributed by atoms with Crippen LogP contribution in [-0.2, 0) is 11.3 Å². The molecule has 4 heterocycles. The number of carbonyl (C=O) groups is 2. The number of benzene rings is 1. The quantitative estimate of drug-likeness (QED) is 0.666. The van der Waals surface area contributed by atoms with Gasteiger partial charge in [-0.25, -0.2) is 4.98 Å². The van der Waals surface area contributed by atoms with E-state index in [2.05, 4.69) is 26.8 Å². The van der Waals surface area contributed by atoms with Crippen molar-refractivity contribution in [2.75, 3.05) is 13.1 Å². The van der Waals surface area contributed by atoms with Gasteiger partial charge in [0, 0.05) is 49.3 Å². The summed E-state index contributed by atoms with van der Waals surface area (Å²) in [7, 11) is 0. The van der Waals surface area contributed by atoms with Crippen molar-refractivity contribution in [3.63, 3.8) is 0 Å². The van der Waals surface area contributed by atoms with Crippen LogP contribution < -0.4 is 14.8 Å². The summed E-state index contributed by atoms with van der Waals surface area (Å²) in [4.78, 5) is 37.9. The van der Waals surface area contributed by atoms with E-state index in [9.17, 15) is 9.59 Å². The molecule has 1 aliphatic carbocycles. The third-order valence-electron chi connectivity index (χ3n) is 7.73. The molecule has 0 radical (unpaired) electrons. The number of allylic oxidation sites excluding steroid dienone is 1. The summed E-state index contributed by atoms with van der Waals surface area (Å²) in [5, 5.41) is 2.79. The molecule has 3 fully saturated rings. The smallest absolute Gasteiger partial charge is 0.255 e. The molecule has 0 bridgehead atoms. The molecule has 1 unspecified atom stereocenters. The summed E-state index contributed by atoms with van der Waals surface area (Å²) in [6.45, 7) is 5.97. The number of amides is 2. The largest absolute Gasteiger partial charge is 0.489 e. The Labute approximate surface area is 210 Å². The Kier molecular flexibility index (Phi) is 6.08. The summed E-state index contributed by atoms with van der Waals surface area (Å²) < 4.78 is 12.5. The van der Waals surface area contributed by atoms with Crippen molar-refractivity contribution in [2.24, 2.45) is 0 Å². The molecular weight excluding hydrogens is 458 g/mol. The number of piperidine rings is 1. The van der Waals surface area contributed by atoms with E-state index < -0.39 is 6.04 Å². The van der Waals surface area contributed by atoms with Crippen LogP contribution in [0.4, 0.5) is 0 Å². The first-order chi connectivity index (χ1) is 17.5. The summed E-state index contributed by atoms with van der Waals surface area (Å²) in [5.74, 6) is 1.12. The van der Waals surface area contributed by atoms with Gasteiger partial charge >= 0.3 is 0 Å². The average molecular weight is 490 g/mol. The van der Waals surface area contributed by atoms with Gasteiger partial charge in [0.25, 0.3) is 5.91 Å². The Morgan fingerprint density at radius 1 is 1.06 bits per heavy atom. The molecule has 1 aromatic carbocycles. The number of hydrogen-bond acceptors (Lipinski definition) is 7. The summed E-state index contributed by atoms with van der Waals surface area (Å²) in [5.41, 5.74) is 2.29. The second kappa shape index (κ2) is 9.54. The fourth-order valence-electron chi connectivity index (χ4n) is 5.84. The standard InChI is InChI=1S/C27H31N5O4/c1-17-6-9-23(26(33)30-17)32-14-18-12-19(7-8-21(18)27(32)34)35-24-5-3-2-4-22(24)31-15-20(16-31)36-25-13-28-10-11-29-25/h7-8,10-13,20,22-24H,1-6,9,14-16H2,(H,30,33)/t22-,23?,24-/m1/s1. The highest BCUT2D eigenvalue weighted by Crippen LogP contribution is 2.34. The minimum Gasteiger partial charge on any atom is -0.489 e. The summed E-state index contributed by atoms with van der Waals surface area (Å²) in [6, 6.07) is 5.61. The molecular formula is C27H31N5O4. The zero-order valence-corrected chi connectivity index (χ0v) is 20.3. The molecule has 1 saturated carbocycles. The van der Waals surface area contributed by atoms with Crippen LogP contribution in [0.1, 0.15) is 54.4 Å². The Balaban J connectivity index is 1.09. The maximum absolute atomic E-state index is 13.0. The fourth-order valence-corrected chi connectivity index (χ4v) is 5.84. The number of carbonyl (C=O) groups excluding carboxylic acids is 2. The van der Waals surface area contributed by atoms with Crippen LogP contribution in [0.3, 0.4) is 0 Å². The molecule has 2 aromatic rings. The number of nitrogens with one attached hydrogen (secondary N) is 1. The van der Waals surface area contributed by atoms with Gasteiger partial charge in [0.1, 0.15) is 24.0 Å². The van der Waals surface area contributed by atoms with Crippen molar-refractivity contribution in [3.05, 3.63) is 60.2 Å². The lowest BCUT2D eigenvalue weighted by molar-refractivity contribution is -0.126. The van der Waals surface area contributed by atoms with Crippen LogP contribution in [0.2, 0.25) is 0 Å². The fraction of sp³-hybridized carbons (Fsp3) is 0.481. The molecule has 6 rings (SSSR count). The molecule has 3 atom stereocenters. The minimum atomic E-state index is -0.453. The number of rotatable bonds is 6. The predicted molar refractivity (Wildman–Crippen MR) is 131 cm³/mol. The highest BCUT2D eigenvalue weighted by molar-refractivity contribution is 6.01. The van der Waals surface area contributed by atoms with Crippen LogP contribution in [0.25, 0.3) is 0 Å². The van der Waals surface area contributed by atoms with Gasteiger partial charge in [-0.2, -0.15) is 0 Å². The van der Waals surface area contributed by atoms with Crippen molar-refractivity contribution in [3.8, 4) is 11.6 Å². The first-order valence-electron chi connectivity index (χ1n) is 12.8. The van der Waals surface area contributed by atoms with Crippen molar-refractivity contribution < 1.29 is 19.1 Å². The number of fused-ring (bicyclic) bond motifs is 1. The monoisotopic (exact) mass is 489 g/mol. The molecule has 3 aliphatic heterocycles. The van der Waals surface area contributed by atoms with E-state index in [0.717, 1.165) is 43.7 Å². The summed E-state index contributed by atoms with van der Waals surface area (Å²) in [6.07, 6.45) is 10.9. The molecule has 2 amide bonds. The van der Waals surface area contributed by atoms with Gasteiger partial charge in [0.05, 0.1) is 6.20 Å². The third kappa shape index (κ3) is 4.43. The first kappa shape index (κ1) is 23.0. The Bertz CT molecular complexity index is 1170. The number of ether oxygens (including phenoxy) is 2. The van der Waals surface area contributed by atoms with Gasteiger partial charge < -0.3 is 19.7 Å². The molecule has 2 saturated heterocycles. The summed E-state index contributed by atoms with van der Waals surface area (Å²) >= 11 is 0. The molecule has 1 aromatic heterocycles. The van der Waals surface area contributed by atoms with E-state index in [1.54, 1.807) is 23.5 Å². The van der Waals surface area contributed by atoms with Crippen molar-refractivity contribution in [1.29, 1.82) is 0 Å². The van der Waals surface area contributed by atoms with Crippen LogP contribution >= 0.6 is 0 Å². The second-order valence-electron chi connectivity index (χ2n) is 10.1. The van der Waals surface area contributed by atoms with Crippen molar-refractivity contribution >= 4 is 11.8 Å². The van der Waals surface area contributed by atoms with Gasteiger partial charge in [0.2, 0.25) is 11.8 Å². The predicted octanol–water partition coefficient (Wildman–Crippen LogP) is 2.68. The number of hydrogen-bond donors (Lipinski definition) is 1. The van der Waals surface area contributed by atoms with Crippen LogP contribution in [0.15, 0.2) is 49.1 Å². The SMILES string of the molecule is C=C1CCC(N2Cc3cc(O[C@@H]4CCCC[C@H]4N4CC(Oc5cnccn5)C4)ccc3C2=O)C(=O)N1. The second-order valence-corrected chi connectivity index (χ2v) is 10.1. The molecule has 0 spiro atoms. The molecule has 9 heteroatoms. The lowest BCUT2D eigenvalue weighted by atomic mass is 9.89. The van der Waals surface area contributed by atoms with E-state index in [1.807, 2.05) is 18.2 Å². The molecule has 4 aliphatic rings. The molecule has 9 nitrogen and oxygen atoms in total. The van der Waals surface area contributed by atoms with Gasteiger partial charge in [-0.05, 0) is 55.9 Å². The average Bonchev–Trinajstić information content (AvgIpc) is 3.18. The number of aromatic nitrogens is 2. The van der Waals surface area contributed by atoms with Crippen LogP contribution in [0.5, 0.6) is 11.6 Å². The van der Waals surface area contributed by atoms with E-state index in [4.69, 9.17) is 9.47 Å². The Morgan fingerprint density at radius 2 is 1.92 bits per heavy atom. The Morgan fingerprint density at radius 3 is 2.72 bits per heavy atom.